The van der Waals surface area contributed by atoms with Gasteiger partial charge in [-0.2, -0.15) is 4.98 Å². The standard InChI is InChI=1S/C27H29ClN8O4S/c1-16(37)36-12-8-17(9-13-36)18-4-5-20(23(14-18)40-2)33-27-31-15-19(28)26(34-27)32-22-7-6-21-24(30-11-10-29-21)25(22)35-41(3,38)39/h4-7,10-11,14-15,17,35H,8-9,12-13H2,1-3H3,(H2,31,32,33,34). The molecule has 4 aromatic rings. The Morgan fingerprint density at radius 2 is 1.78 bits per heavy atom. The molecule has 3 heterocycles. The molecule has 12 nitrogen and oxygen atoms in total. The number of carbonyl (C=O) groups is 1. The molecule has 5 rings (SSSR count). The lowest BCUT2D eigenvalue weighted by molar-refractivity contribution is -0.129. The van der Waals surface area contributed by atoms with Gasteiger partial charge in [0.1, 0.15) is 16.3 Å². The van der Waals surface area contributed by atoms with Crippen LogP contribution in [0.15, 0.2) is 48.9 Å². The van der Waals surface area contributed by atoms with Gasteiger partial charge in [0.2, 0.25) is 21.9 Å². The number of hydrogen-bond donors (Lipinski definition) is 3. The first-order chi connectivity index (χ1) is 19.6. The number of aromatic nitrogens is 4. The summed E-state index contributed by atoms with van der Waals surface area (Å²) in [5, 5.41) is 6.50. The van der Waals surface area contributed by atoms with Gasteiger partial charge in [0, 0.05) is 32.4 Å². The Morgan fingerprint density at radius 3 is 2.49 bits per heavy atom. The van der Waals surface area contributed by atoms with Gasteiger partial charge in [0.25, 0.3) is 0 Å². The minimum absolute atomic E-state index is 0.106. The van der Waals surface area contributed by atoms with Crippen molar-refractivity contribution in [2.45, 2.75) is 25.7 Å². The second-order valence-corrected chi connectivity index (χ2v) is 11.8. The van der Waals surface area contributed by atoms with Gasteiger partial charge in [-0.25, -0.2) is 13.4 Å². The van der Waals surface area contributed by atoms with E-state index in [0.29, 0.717) is 34.1 Å². The second kappa shape index (κ2) is 11.7. The maximum Gasteiger partial charge on any atom is 0.229 e. The molecule has 1 amide bonds. The second-order valence-electron chi connectivity index (χ2n) is 9.67. The quantitative estimate of drug-likeness (QED) is 0.262. The first kappa shape index (κ1) is 28.3. The molecule has 1 fully saturated rings. The number of carbonyl (C=O) groups excluding carboxylic acids is 1. The fraction of sp³-hybridized carbons (Fsp3) is 0.296. The molecule has 0 bridgehead atoms. The summed E-state index contributed by atoms with van der Waals surface area (Å²) >= 11 is 6.42. The third kappa shape index (κ3) is 6.57. The number of ether oxygens (including phenoxy) is 1. The van der Waals surface area contributed by atoms with Gasteiger partial charge in [0.15, 0.2) is 5.82 Å². The van der Waals surface area contributed by atoms with Crippen LogP contribution in [0.4, 0.5) is 28.8 Å². The van der Waals surface area contributed by atoms with Crippen molar-refractivity contribution >= 4 is 67.4 Å². The van der Waals surface area contributed by atoms with Crippen molar-refractivity contribution in [2.75, 3.05) is 41.8 Å². The van der Waals surface area contributed by atoms with Crippen LogP contribution in [0.3, 0.4) is 0 Å². The first-order valence-electron chi connectivity index (χ1n) is 12.8. The molecular weight excluding hydrogens is 568 g/mol. The molecule has 2 aromatic heterocycles. The normalized spacial score (nSPS) is 14.1. The SMILES string of the molecule is COc1cc(C2CCN(C(C)=O)CC2)ccc1Nc1ncc(Cl)c(Nc2ccc3nccnc3c2NS(C)(=O)=O)n1. The summed E-state index contributed by atoms with van der Waals surface area (Å²) in [6.07, 6.45) is 7.28. The molecule has 0 spiro atoms. The number of benzene rings is 2. The van der Waals surface area contributed by atoms with Crippen LogP contribution in [0.1, 0.15) is 31.2 Å². The average Bonchev–Trinajstić information content (AvgIpc) is 2.95. The molecule has 3 N–H and O–H groups in total. The largest absolute Gasteiger partial charge is 0.495 e. The van der Waals surface area contributed by atoms with Crippen LogP contribution in [0.5, 0.6) is 5.75 Å². The molecule has 1 aliphatic rings. The van der Waals surface area contributed by atoms with E-state index in [2.05, 4.69) is 35.3 Å². The number of amides is 1. The maximum absolute atomic E-state index is 12.1. The molecule has 2 aromatic carbocycles. The van der Waals surface area contributed by atoms with E-state index in [1.165, 1.54) is 18.6 Å². The highest BCUT2D eigenvalue weighted by molar-refractivity contribution is 7.92. The summed E-state index contributed by atoms with van der Waals surface area (Å²) in [6, 6.07) is 9.31. The predicted octanol–water partition coefficient (Wildman–Crippen LogP) is 4.67. The van der Waals surface area contributed by atoms with Crippen LogP contribution in [-0.4, -0.2) is 65.6 Å². The highest BCUT2D eigenvalue weighted by atomic mass is 35.5. The molecular formula is C27H29ClN8O4S. The van der Waals surface area contributed by atoms with Crippen molar-refractivity contribution in [3.8, 4) is 5.75 Å². The van der Waals surface area contributed by atoms with Gasteiger partial charge in [-0.1, -0.05) is 17.7 Å². The molecule has 214 valence electrons. The minimum Gasteiger partial charge on any atom is -0.495 e. The molecule has 0 atom stereocenters. The van der Waals surface area contributed by atoms with Crippen molar-refractivity contribution in [3.63, 3.8) is 0 Å². The zero-order valence-electron chi connectivity index (χ0n) is 22.7. The summed E-state index contributed by atoms with van der Waals surface area (Å²) in [7, 11) is -2.04. The Labute approximate surface area is 242 Å². The summed E-state index contributed by atoms with van der Waals surface area (Å²) < 4.78 is 32.4. The fourth-order valence-electron chi connectivity index (χ4n) is 4.79. The number of piperidine rings is 1. The molecule has 14 heteroatoms. The van der Waals surface area contributed by atoms with E-state index in [4.69, 9.17) is 16.3 Å². The Balaban J connectivity index is 1.39. The highest BCUT2D eigenvalue weighted by Crippen LogP contribution is 2.36. The van der Waals surface area contributed by atoms with Crippen molar-refractivity contribution in [2.24, 2.45) is 0 Å². The van der Waals surface area contributed by atoms with E-state index in [1.54, 1.807) is 26.2 Å². The smallest absolute Gasteiger partial charge is 0.229 e. The topological polar surface area (TPSA) is 151 Å². The van der Waals surface area contributed by atoms with Crippen LogP contribution in [0, 0.1) is 0 Å². The van der Waals surface area contributed by atoms with Crippen LogP contribution in [0.2, 0.25) is 5.02 Å². The van der Waals surface area contributed by atoms with Crippen molar-refractivity contribution in [1.29, 1.82) is 0 Å². The van der Waals surface area contributed by atoms with Gasteiger partial charge in [0.05, 0.1) is 42.1 Å². The van der Waals surface area contributed by atoms with Crippen molar-refractivity contribution < 1.29 is 17.9 Å². The third-order valence-corrected chi connectivity index (χ3v) is 7.66. The van der Waals surface area contributed by atoms with Gasteiger partial charge in [-0.15, -0.1) is 0 Å². The van der Waals surface area contributed by atoms with E-state index in [1.807, 2.05) is 23.1 Å². The third-order valence-electron chi connectivity index (χ3n) is 6.81. The predicted molar refractivity (Wildman–Crippen MR) is 159 cm³/mol. The van der Waals surface area contributed by atoms with Crippen molar-refractivity contribution in [3.05, 3.63) is 59.5 Å². The summed E-state index contributed by atoms with van der Waals surface area (Å²) in [5.74, 6) is 1.55. The van der Waals surface area contributed by atoms with Crippen LogP contribution < -0.4 is 20.1 Å². The number of methoxy groups -OCH3 is 1. The van der Waals surface area contributed by atoms with E-state index < -0.39 is 10.0 Å². The lowest BCUT2D eigenvalue weighted by atomic mass is 9.89. The number of sulfonamides is 1. The number of nitrogens with zero attached hydrogens (tertiary/aromatic N) is 5. The minimum atomic E-state index is -3.64. The van der Waals surface area contributed by atoms with Crippen LogP contribution in [-0.2, 0) is 14.8 Å². The number of rotatable bonds is 8. The number of fused-ring (bicyclic) bond motifs is 1. The maximum atomic E-state index is 12.1. The van der Waals surface area contributed by atoms with E-state index >= 15 is 0 Å². The molecule has 1 saturated heterocycles. The monoisotopic (exact) mass is 596 g/mol. The van der Waals surface area contributed by atoms with Gasteiger partial charge in [-0.05, 0) is 48.6 Å². The van der Waals surface area contributed by atoms with Gasteiger partial charge < -0.3 is 20.3 Å². The summed E-state index contributed by atoms with van der Waals surface area (Å²) in [6.45, 7) is 3.08. The van der Waals surface area contributed by atoms with Crippen LogP contribution >= 0.6 is 11.6 Å². The Kier molecular flexibility index (Phi) is 8.08. The molecule has 41 heavy (non-hydrogen) atoms. The first-order valence-corrected chi connectivity index (χ1v) is 15.1. The fourth-order valence-corrected chi connectivity index (χ4v) is 5.50. The molecule has 0 radical (unpaired) electrons. The van der Waals surface area contributed by atoms with Gasteiger partial charge in [-0.3, -0.25) is 19.5 Å². The number of nitrogens with one attached hydrogen (secondary N) is 3. The van der Waals surface area contributed by atoms with E-state index in [0.717, 1.165) is 37.8 Å². The molecule has 0 unspecified atom stereocenters. The Bertz CT molecular complexity index is 1710. The number of halogens is 1. The Morgan fingerprint density at radius 1 is 1.05 bits per heavy atom. The average molecular weight is 597 g/mol. The lowest BCUT2D eigenvalue weighted by Gasteiger charge is -2.31. The summed E-state index contributed by atoms with van der Waals surface area (Å²) in [5.41, 5.74) is 3.27. The number of anilines is 5. The van der Waals surface area contributed by atoms with E-state index in [9.17, 15) is 13.2 Å². The molecule has 0 saturated carbocycles. The Hall–Kier alpha value is -4.23. The highest BCUT2D eigenvalue weighted by Gasteiger charge is 2.23. The van der Waals surface area contributed by atoms with Crippen LogP contribution in [0.25, 0.3) is 11.0 Å². The lowest BCUT2D eigenvalue weighted by Crippen LogP contribution is -2.36. The summed E-state index contributed by atoms with van der Waals surface area (Å²) in [4.78, 5) is 30.9. The molecule has 1 aliphatic heterocycles. The zero-order chi connectivity index (χ0) is 29.1. The zero-order valence-corrected chi connectivity index (χ0v) is 24.3. The number of likely N-dealkylation sites (tertiary alicyclic amines) is 1. The molecule has 0 aliphatic carbocycles. The van der Waals surface area contributed by atoms with Crippen molar-refractivity contribution in [1.82, 2.24) is 24.8 Å². The van der Waals surface area contributed by atoms with Gasteiger partial charge >= 0.3 is 0 Å². The van der Waals surface area contributed by atoms with E-state index in [-0.39, 0.29) is 28.4 Å². The number of hydrogen-bond acceptors (Lipinski definition) is 10.